The van der Waals surface area contributed by atoms with Gasteiger partial charge in [-0.15, -0.1) is 10.2 Å². The Bertz CT molecular complexity index is 939. The van der Waals surface area contributed by atoms with Gasteiger partial charge in [-0.2, -0.15) is 0 Å². The third-order valence-corrected chi connectivity index (χ3v) is 5.30. The Hall–Kier alpha value is -2.45. The number of furan rings is 1. The number of halogens is 1. The van der Waals surface area contributed by atoms with Crippen LogP contribution in [0.1, 0.15) is 17.3 Å². The molecule has 0 aliphatic heterocycles. The van der Waals surface area contributed by atoms with Crippen molar-refractivity contribution < 1.29 is 13.9 Å². The van der Waals surface area contributed by atoms with Crippen LogP contribution in [0, 0.1) is 6.92 Å². The van der Waals surface area contributed by atoms with Crippen LogP contribution in [0.15, 0.2) is 46.0 Å². The smallest absolute Gasteiger partial charge is 0.233 e. The van der Waals surface area contributed by atoms with E-state index >= 15 is 0 Å². The Kier molecular flexibility index (Phi) is 6.64. The average molecular weight is 421 g/mol. The minimum absolute atomic E-state index is 0.0129. The Labute approximate surface area is 172 Å². The van der Waals surface area contributed by atoms with Crippen LogP contribution in [0.3, 0.4) is 0 Å². The van der Waals surface area contributed by atoms with E-state index in [9.17, 15) is 4.79 Å². The number of amides is 1. The molecular weight excluding hydrogens is 400 g/mol. The molecule has 0 saturated heterocycles. The van der Waals surface area contributed by atoms with Crippen molar-refractivity contribution in [2.24, 2.45) is 7.05 Å². The number of aryl methyl sites for hydroxylation is 1. The highest BCUT2D eigenvalue weighted by atomic mass is 35.5. The van der Waals surface area contributed by atoms with Crippen LogP contribution in [0.25, 0.3) is 0 Å². The first-order chi connectivity index (χ1) is 13.4. The van der Waals surface area contributed by atoms with E-state index in [2.05, 4.69) is 10.2 Å². The fraction of sp³-hybridized carbons (Fsp3) is 0.316. The van der Waals surface area contributed by atoms with Gasteiger partial charge in [-0.3, -0.25) is 4.79 Å². The minimum atomic E-state index is -0.0129. The van der Waals surface area contributed by atoms with Crippen molar-refractivity contribution in [1.29, 1.82) is 0 Å². The third-order valence-electron chi connectivity index (χ3n) is 4.05. The fourth-order valence-electron chi connectivity index (χ4n) is 2.40. The molecule has 0 aliphatic rings. The largest absolute Gasteiger partial charge is 0.486 e. The van der Waals surface area contributed by atoms with Gasteiger partial charge in [-0.25, -0.2) is 0 Å². The zero-order valence-corrected chi connectivity index (χ0v) is 17.5. The Morgan fingerprint density at radius 1 is 1.25 bits per heavy atom. The van der Waals surface area contributed by atoms with E-state index in [0.29, 0.717) is 28.3 Å². The molecule has 0 fully saturated rings. The maximum Gasteiger partial charge on any atom is 0.233 e. The number of benzene rings is 1. The second kappa shape index (κ2) is 9.16. The summed E-state index contributed by atoms with van der Waals surface area (Å²) >= 11 is 7.20. The zero-order valence-electron chi connectivity index (χ0n) is 15.9. The normalized spacial score (nSPS) is 10.9. The van der Waals surface area contributed by atoms with Gasteiger partial charge < -0.3 is 18.6 Å². The summed E-state index contributed by atoms with van der Waals surface area (Å²) in [5.41, 5.74) is 0. The lowest BCUT2D eigenvalue weighted by Gasteiger charge is -2.15. The molecule has 3 rings (SSSR count). The molecule has 1 aromatic carbocycles. The molecule has 3 aromatic rings. The lowest BCUT2D eigenvalue weighted by atomic mass is 10.3. The van der Waals surface area contributed by atoms with Gasteiger partial charge in [0.15, 0.2) is 11.0 Å². The molecule has 0 aliphatic carbocycles. The number of nitrogens with zero attached hydrogens (tertiary/aromatic N) is 4. The third kappa shape index (κ3) is 5.30. The first-order valence-corrected chi connectivity index (χ1v) is 9.97. The predicted molar refractivity (Wildman–Crippen MR) is 107 cm³/mol. The number of hydrogen-bond donors (Lipinski definition) is 0. The van der Waals surface area contributed by atoms with Gasteiger partial charge in [0.2, 0.25) is 5.91 Å². The van der Waals surface area contributed by atoms with Crippen LogP contribution in [-0.4, -0.2) is 38.4 Å². The van der Waals surface area contributed by atoms with Crippen LogP contribution in [-0.2, 0) is 25.0 Å². The van der Waals surface area contributed by atoms with Crippen molar-refractivity contribution in [2.45, 2.75) is 25.2 Å². The molecule has 0 atom stereocenters. The van der Waals surface area contributed by atoms with Crippen LogP contribution in [0.2, 0.25) is 5.02 Å². The molecule has 0 spiro atoms. The maximum atomic E-state index is 12.4. The monoisotopic (exact) mass is 420 g/mol. The summed E-state index contributed by atoms with van der Waals surface area (Å²) in [4.78, 5) is 14.0. The summed E-state index contributed by atoms with van der Waals surface area (Å²) in [7, 11) is 3.60. The Balaban J connectivity index is 1.50. The lowest BCUT2D eigenvalue weighted by molar-refractivity contribution is -0.127. The minimum Gasteiger partial charge on any atom is -0.486 e. The van der Waals surface area contributed by atoms with Gasteiger partial charge in [-0.05, 0) is 43.3 Å². The molecule has 28 heavy (non-hydrogen) atoms. The summed E-state index contributed by atoms with van der Waals surface area (Å²) in [6.45, 7) is 2.59. The molecule has 1 amide bonds. The molecule has 2 aromatic heterocycles. The number of hydrogen-bond acceptors (Lipinski definition) is 6. The molecule has 0 unspecified atom stereocenters. The van der Waals surface area contributed by atoms with Crippen molar-refractivity contribution in [3.8, 4) is 5.75 Å². The number of thioether (sulfide) groups is 1. The van der Waals surface area contributed by atoms with Crippen LogP contribution < -0.4 is 4.74 Å². The van der Waals surface area contributed by atoms with Gasteiger partial charge in [0.1, 0.15) is 23.9 Å². The molecule has 0 radical (unpaired) electrons. The number of carbonyl (C=O) groups is 1. The molecule has 7 nitrogen and oxygen atoms in total. The van der Waals surface area contributed by atoms with E-state index in [-0.39, 0.29) is 18.3 Å². The first-order valence-electron chi connectivity index (χ1n) is 8.61. The summed E-state index contributed by atoms with van der Waals surface area (Å²) in [5, 5.41) is 9.60. The number of ether oxygens (including phenoxy) is 1. The van der Waals surface area contributed by atoms with E-state index in [1.165, 1.54) is 11.8 Å². The number of rotatable bonds is 8. The summed E-state index contributed by atoms with van der Waals surface area (Å²) < 4.78 is 13.0. The molecule has 2 heterocycles. The highest BCUT2D eigenvalue weighted by Crippen LogP contribution is 2.19. The van der Waals surface area contributed by atoms with E-state index in [0.717, 1.165) is 11.5 Å². The van der Waals surface area contributed by atoms with Gasteiger partial charge in [0.25, 0.3) is 0 Å². The van der Waals surface area contributed by atoms with Crippen molar-refractivity contribution in [1.82, 2.24) is 19.7 Å². The van der Waals surface area contributed by atoms with E-state index < -0.39 is 0 Å². The van der Waals surface area contributed by atoms with Crippen molar-refractivity contribution in [3.05, 3.63) is 58.8 Å². The number of aromatic nitrogens is 3. The van der Waals surface area contributed by atoms with Crippen molar-refractivity contribution >= 4 is 29.3 Å². The highest BCUT2D eigenvalue weighted by molar-refractivity contribution is 7.99. The van der Waals surface area contributed by atoms with E-state index in [4.69, 9.17) is 20.8 Å². The van der Waals surface area contributed by atoms with Gasteiger partial charge >= 0.3 is 0 Å². The molecule has 0 N–H and O–H groups in total. The van der Waals surface area contributed by atoms with Crippen LogP contribution in [0.4, 0.5) is 0 Å². The second-order valence-corrected chi connectivity index (χ2v) is 7.63. The van der Waals surface area contributed by atoms with Crippen LogP contribution in [0.5, 0.6) is 5.75 Å². The van der Waals surface area contributed by atoms with Crippen molar-refractivity contribution in [3.63, 3.8) is 0 Å². The highest BCUT2D eigenvalue weighted by Gasteiger charge is 2.15. The summed E-state index contributed by atoms with van der Waals surface area (Å²) in [6, 6.07) is 10.9. The first kappa shape index (κ1) is 20.3. The van der Waals surface area contributed by atoms with Crippen LogP contribution >= 0.6 is 23.4 Å². The van der Waals surface area contributed by atoms with Gasteiger partial charge in [-0.1, -0.05) is 23.4 Å². The molecule has 0 bridgehead atoms. The zero-order chi connectivity index (χ0) is 20.1. The Morgan fingerprint density at radius 2 is 2.00 bits per heavy atom. The molecule has 9 heteroatoms. The van der Waals surface area contributed by atoms with E-state index in [1.54, 1.807) is 36.2 Å². The standard InChI is InChI=1S/C19H21ClN4O3S/c1-13-4-7-16(27-13)10-23(2)18(25)12-28-19-22-21-17(24(19)3)11-26-15-8-5-14(20)6-9-15/h4-9H,10-12H2,1-3H3. The lowest BCUT2D eigenvalue weighted by Crippen LogP contribution is -2.27. The van der Waals surface area contributed by atoms with Gasteiger partial charge in [0.05, 0.1) is 12.3 Å². The predicted octanol–water partition coefficient (Wildman–Crippen LogP) is 3.70. The average Bonchev–Trinajstić information content (AvgIpc) is 3.24. The molecule has 148 valence electrons. The summed E-state index contributed by atoms with van der Waals surface area (Å²) in [6.07, 6.45) is 0. The quantitative estimate of drug-likeness (QED) is 0.517. The molecule has 0 saturated carbocycles. The van der Waals surface area contributed by atoms with Gasteiger partial charge in [0, 0.05) is 19.1 Å². The fourth-order valence-corrected chi connectivity index (χ4v) is 3.40. The van der Waals surface area contributed by atoms with Crippen molar-refractivity contribution in [2.75, 3.05) is 12.8 Å². The summed E-state index contributed by atoms with van der Waals surface area (Å²) in [5.74, 6) is 3.22. The second-order valence-electron chi connectivity index (χ2n) is 6.25. The molecular formula is C19H21ClN4O3S. The Morgan fingerprint density at radius 3 is 2.68 bits per heavy atom. The SMILES string of the molecule is Cc1ccc(CN(C)C(=O)CSc2nnc(COc3ccc(Cl)cc3)n2C)o1. The number of carbonyl (C=O) groups excluding carboxylic acids is 1. The maximum absolute atomic E-state index is 12.4. The van der Waals surface area contributed by atoms with E-state index in [1.807, 2.05) is 30.7 Å². The topological polar surface area (TPSA) is 73.4 Å².